The molecule has 6 nitrogen and oxygen atoms in total. The van der Waals surface area contributed by atoms with Crippen molar-refractivity contribution in [2.45, 2.75) is 17.7 Å². The minimum absolute atomic E-state index is 0.0612. The van der Waals surface area contributed by atoms with E-state index >= 15 is 0 Å². The Labute approximate surface area is 148 Å². The van der Waals surface area contributed by atoms with Crippen LogP contribution >= 0.6 is 0 Å². The zero-order valence-corrected chi connectivity index (χ0v) is 15.3. The number of carbonyl (C=O) groups is 1. The summed E-state index contributed by atoms with van der Waals surface area (Å²) in [6.45, 7) is 2.53. The van der Waals surface area contributed by atoms with Crippen LogP contribution in [0, 0.1) is 0 Å². The van der Waals surface area contributed by atoms with Crippen LogP contribution in [0.5, 0.6) is 0 Å². The van der Waals surface area contributed by atoms with Crippen molar-refractivity contribution >= 4 is 15.9 Å². The highest BCUT2D eigenvalue weighted by Crippen LogP contribution is 2.16. The van der Waals surface area contributed by atoms with E-state index in [9.17, 15) is 13.2 Å². The second kappa shape index (κ2) is 8.24. The first kappa shape index (κ1) is 19.1. The highest BCUT2D eigenvalue weighted by atomic mass is 32.2. The zero-order chi connectivity index (χ0) is 18.4. The lowest BCUT2D eigenvalue weighted by Gasteiger charge is -2.15. The molecule has 0 saturated heterocycles. The number of hydrogen-bond acceptors (Lipinski definition) is 4. The van der Waals surface area contributed by atoms with Gasteiger partial charge in [-0.3, -0.25) is 9.63 Å². The largest absolute Gasteiger partial charge is 0.351 e. The zero-order valence-electron chi connectivity index (χ0n) is 14.5. The van der Waals surface area contributed by atoms with Crippen molar-refractivity contribution in [2.75, 3.05) is 20.7 Å². The maximum atomic E-state index is 12.2. The van der Waals surface area contributed by atoms with Crippen LogP contribution in [0.4, 0.5) is 0 Å². The molecule has 0 aromatic heterocycles. The topological polar surface area (TPSA) is 75.7 Å². The van der Waals surface area contributed by atoms with Crippen molar-refractivity contribution in [3.8, 4) is 0 Å². The molecule has 0 heterocycles. The highest BCUT2D eigenvalue weighted by molar-refractivity contribution is 7.89. The minimum atomic E-state index is -3.71. The van der Waals surface area contributed by atoms with Gasteiger partial charge in [-0.25, -0.2) is 8.42 Å². The quantitative estimate of drug-likeness (QED) is 0.768. The van der Waals surface area contributed by atoms with Crippen molar-refractivity contribution in [3.05, 3.63) is 65.7 Å². The lowest BCUT2D eigenvalue weighted by Crippen LogP contribution is -2.28. The van der Waals surface area contributed by atoms with Crippen LogP contribution in [0.15, 0.2) is 59.5 Å². The van der Waals surface area contributed by atoms with Crippen molar-refractivity contribution in [3.63, 3.8) is 0 Å². The molecule has 0 bridgehead atoms. The molecule has 1 N–H and O–H groups in total. The molecule has 2 rings (SSSR count). The van der Waals surface area contributed by atoms with Gasteiger partial charge in [0.2, 0.25) is 0 Å². The average Bonchev–Trinajstić information content (AvgIpc) is 2.65. The number of nitrogens with zero attached hydrogens (tertiary/aromatic N) is 1. The van der Waals surface area contributed by atoms with E-state index in [1.807, 2.05) is 37.3 Å². The van der Waals surface area contributed by atoms with Crippen molar-refractivity contribution in [2.24, 2.45) is 0 Å². The van der Waals surface area contributed by atoms with Gasteiger partial charge in [-0.05, 0) is 35.7 Å². The number of carbonyl (C=O) groups excluding carboxylic acids is 1. The van der Waals surface area contributed by atoms with Crippen LogP contribution in [-0.2, 0) is 14.9 Å². The molecule has 0 aliphatic rings. The summed E-state index contributed by atoms with van der Waals surface area (Å²) >= 11 is 0. The molecule has 0 radical (unpaired) electrons. The highest BCUT2D eigenvalue weighted by Gasteiger charge is 2.21. The van der Waals surface area contributed by atoms with E-state index in [-0.39, 0.29) is 16.7 Å². The maximum absolute atomic E-state index is 12.2. The third kappa shape index (κ3) is 4.66. The van der Waals surface area contributed by atoms with Crippen molar-refractivity contribution in [1.29, 1.82) is 0 Å². The van der Waals surface area contributed by atoms with E-state index in [4.69, 9.17) is 4.84 Å². The molecule has 0 aliphatic carbocycles. The second-order valence-corrected chi connectivity index (χ2v) is 7.58. The van der Waals surface area contributed by atoms with Crippen molar-refractivity contribution < 1.29 is 18.0 Å². The molecule has 0 aliphatic heterocycles. The van der Waals surface area contributed by atoms with E-state index in [1.165, 1.54) is 38.4 Å². The lowest BCUT2D eigenvalue weighted by atomic mass is 10.0. The molecule has 0 saturated carbocycles. The first-order valence-corrected chi connectivity index (χ1v) is 9.26. The molecule has 0 spiro atoms. The number of nitrogens with one attached hydrogen (secondary N) is 1. The number of sulfonamides is 1. The summed E-state index contributed by atoms with van der Waals surface area (Å²) in [6.07, 6.45) is 0. The maximum Gasteiger partial charge on any atom is 0.264 e. The molecule has 2 aromatic carbocycles. The van der Waals surface area contributed by atoms with Crippen LogP contribution in [0.1, 0.15) is 28.8 Å². The van der Waals surface area contributed by atoms with Gasteiger partial charge in [0.1, 0.15) is 0 Å². The van der Waals surface area contributed by atoms with Gasteiger partial charge >= 0.3 is 0 Å². The van der Waals surface area contributed by atoms with Crippen LogP contribution in [0.3, 0.4) is 0 Å². The Bertz CT molecular complexity index is 805. The molecular weight excluding hydrogens is 340 g/mol. The third-order valence-corrected chi connectivity index (χ3v) is 5.64. The molecule has 134 valence electrons. The normalized spacial score (nSPS) is 12.8. The van der Waals surface area contributed by atoms with Crippen molar-refractivity contribution in [1.82, 2.24) is 9.79 Å². The molecule has 2 aromatic rings. The second-order valence-electron chi connectivity index (χ2n) is 5.64. The predicted octanol–water partition coefficient (Wildman–Crippen LogP) is 2.40. The van der Waals surface area contributed by atoms with Gasteiger partial charge in [-0.15, -0.1) is 0 Å². The monoisotopic (exact) mass is 362 g/mol. The Kier molecular flexibility index (Phi) is 6.30. The summed E-state index contributed by atoms with van der Waals surface area (Å²) in [7, 11) is -1.14. The molecule has 25 heavy (non-hydrogen) atoms. The summed E-state index contributed by atoms with van der Waals surface area (Å²) in [5, 5.41) is 2.87. The summed E-state index contributed by atoms with van der Waals surface area (Å²) in [6, 6.07) is 15.7. The third-order valence-electron chi connectivity index (χ3n) is 3.95. The number of amides is 1. The van der Waals surface area contributed by atoms with E-state index in [2.05, 4.69) is 5.32 Å². The summed E-state index contributed by atoms with van der Waals surface area (Å²) in [5.41, 5.74) is 1.55. The van der Waals surface area contributed by atoms with Crippen LogP contribution in [-0.4, -0.2) is 39.5 Å². The first-order valence-electron chi connectivity index (χ1n) is 7.82. The van der Waals surface area contributed by atoms with Gasteiger partial charge in [0.25, 0.3) is 15.9 Å². The summed E-state index contributed by atoms with van der Waals surface area (Å²) in [5.74, 6) is -0.0630. The molecule has 1 atom stereocenters. The predicted molar refractivity (Wildman–Crippen MR) is 95.6 cm³/mol. The van der Waals surface area contributed by atoms with Gasteiger partial charge in [0.15, 0.2) is 0 Å². The van der Waals surface area contributed by atoms with Crippen LogP contribution in [0.25, 0.3) is 0 Å². The average molecular weight is 362 g/mol. The minimum Gasteiger partial charge on any atom is -0.351 e. The van der Waals surface area contributed by atoms with Crippen LogP contribution in [0.2, 0.25) is 0 Å². The van der Waals surface area contributed by atoms with Crippen LogP contribution < -0.4 is 5.32 Å². The molecule has 7 heteroatoms. The smallest absolute Gasteiger partial charge is 0.264 e. The van der Waals surface area contributed by atoms with Gasteiger partial charge < -0.3 is 5.32 Å². The van der Waals surface area contributed by atoms with Gasteiger partial charge in [-0.2, -0.15) is 0 Å². The van der Waals surface area contributed by atoms with E-state index < -0.39 is 10.0 Å². The molecule has 1 amide bonds. The van der Waals surface area contributed by atoms with E-state index in [0.717, 1.165) is 10.0 Å². The fourth-order valence-electron chi connectivity index (χ4n) is 2.27. The molecular formula is C18H22N2O4S. The fraction of sp³-hybridized carbons (Fsp3) is 0.278. The van der Waals surface area contributed by atoms with E-state index in [1.54, 1.807) is 0 Å². The van der Waals surface area contributed by atoms with E-state index in [0.29, 0.717) is 12.1 Å². The fourth-order valence-corrected chi connectivity index (χ4v) is 3.25. The van der Waals surface area contributed by atoms with Gasteiger partial charge in [0.05, 0.1) is 12.0 Å². The Morgan fingerprint density at radius 2 is 1.72 bits per heavy atom. The Morgan fingerprint density at radius 3 is 2.28 bits per heavy atom. The number of hydrogen-bond donors (Lipinski definition) is 1. The Morgan fingerprint density at radius 1 is 1.12 bits per heavy atom. The standard InChI is InChI=1S/C18H22N2O4S/c1-14(15-7-5-4-6-8-15)13-19-18(21)16-9-11-17(12-10-16)25(22,23)20(2)24-3/h4-12,14H,13H2,1-3H3,(H,19,21)/t14-/m0/s1. The summed E-state index contributed by atoms with van der Waals surface area (Å²) in [4.78, 5) is 17.0. The molecule has 0 unspecified atom stereocenters. The Hall–Kier alpha value is -2.22. The van der Waals surface area contributed by atoms with Gasteiger partial charge in [0, 0.05) is 19.2 Å². The Balaban J connectivity index is 2.01. The molecule has 0 fully saturated rings. The van der Waals surface area contributed by atoms with Gasteiger partial charge in [-0.1, -0.05) is 41.7 Å². The summed E-state index contributed by atoms with van der Waals surface area (Å²) < 4.78 is 25.0. The SMILES string of the molecule is CON(C)S(=O)(=O)c1ccc(C(=O)NC[C@H](C)c2ccccc2)cc1. The number of rotatable bonds is 7. The lowest BCUT2D eigenvalue weighted by molar-refractivity contribution is -0.0258. The number of hydroxylamine groups is 1. The first-order chi connectivity index (χ1) is 11.9. The number of benzene rings is 2.